The van der Waals surface area contributed by atoms with Crippen molar-refractivity contribution in [3.63, 3.8) is 0 Å². The molecular formula is C43H54N6O5S. The maximum atomic E-state index is 14.0. The van der Waals surface area contributed by atoms with E-state index in [1.165, 1.54) is 37.0 Å². The minimum atomic E-state index is -0.608. The van der Waals surface area contributed by atoms with Crippen LogP contribution in [0.15, 0.2) is 78.9 Å². The maximum absolute atomic E-state index is 14.0. The third kappa shape index (κ3) is 10.9. The molecule has 2 amide bonds. The molecule has 0 aliphatic heterocycles. The Bertz CT molecular complexity index is 2040. The smallest absolute Gasteiger partial charge is 0.254 e. The lowest BCUT2D eigenvalue weighted by Crippen LogP contribution is -2.36. The topological polar surface area (TPSA) is 190 Å². The molecule has 2 heterocycles. The van der Waals surface area contributed by atoms with Crippen molar-refractivity contribution >= 4 is 39.8 Å². The van der Waals surface area contributed by atoms with Gasteiger partial charge in [-0.15, -0.1) is 11.3 Å². The van der Waals surface area contributed by atoms with Crippen LogP contribution in [0.25, 0.3) is 32.6 Å². The number of nitrogens with zero attached hydrogens (tertiary/aromatic N) is 2. The summed E-state index contributed by atoms with van der Waals surface area (Å²) in [6.07, 6.45) is 10.6. The fraction of sp³-hybridized carbons (Fsp3) is 0.372. The predicted octanol–water partition coefficient (Wildman–Crippen LogP) is 7.20. The number of phenols is 1. The van der Waals surface area contributed by atoms with Gasteiger partial charge in [-0.05, 0) is 97.9 Å². The predicted molar refractivity (Wildman–Crippen MR) is 220 cm³/mol. The summed E-state index contributed by atoms with van der Waals surface area (Å²) < 4.78 is 2.20. The van der Waals surface area contributed by atoms with E-state index >= 15 is 0 Å². The quantitative estimate of drug-likeness (QED) is 0.0140. The zero-order chi connectivity index (χ0) is 39.2. The third-order valence-corrected chi connectivity index (χ3v) is 11.2. The van der Waals surface area contributed by atoms with Crippen molar-refractivity contribution < 1.29 is 24.7 Å². The van der Waals surface area contributed by atoms with Crippen LogP contribution >= 0.6 is 11.3 Å². The van der Waals surface area contributed by atoms with Crippen molar-refractivity contribution in [3.8, 4) is 27.4 Å². The van der Waals surface area contributed by atoms with Gasteiger partial charge in [0, 0.05) is 45.7 Å². The van der Waals surface area contributed by atoms with Crippen LogP contribution < -0.4 is 22.7 Å². The molecule has 55 heavy (non-hydrogen) atoms. The summed E-state index contributed by atoms with van der Waals surface area (Å²) in [5, 5.41) is 20.3. The molecule has 0 unspecified atom stereocenters. The molecule has 0 radical (unpaired) electrons. The molecule has 9 N–H and O–H groups in total. The highest BCUT2D eigenvalue weighted by Crippen LogP contribution is 2.37. The summed E-state index contributed by atoms with van der Waals surface area (Å²) in [7, 11) is 0. The molecular weight excluding hydrogens is 713 g/mol. The molecule has 5 rings (SSSR count). The van der Waals surface area contributed by atoms with Gasteiger partial charge in [-0.25, -0.2) is 5.48 Å². The average molecular weight is 767 g/mol. The number of hydroxylamine groups is 1. The molecule has 0 aliphatic carbocycles. The number of ketones is 1. The summed E-state index contributed by atoms with van der Waals surface area (Å²) in [6, 6.07) is 23.7. The van der Waals surface area contributed by atoms with Crippen LogP contribution in [-0.4, -0.2) is 63.7 Å². The highest BCUT2D eigenvalue weighted by molar-refractivity contribution is 7.17. The highest BCUT2D eigenvalue weighted by atomic mass is 32.1. The van der Waals surface area contributed by atoms with Gasteiger partial charge in [0.25, 0.3) is 5.91 Å². The fourth-order valence-electron chi connectivity index (χ4n) is 6.96. The van der Waals surface area contributed by atoms with E-state index in [0.717, 1.165) is 67.2 Å². The number of carbonyl (C=O) groups excluding carboxylic acids is 3. The number of hydrogen-bond donors (Lipinski definition) is 6. The third-order valence-electron chi connectivity index (χ3n) is 9.94. The van der Waals surface area contributed by atoms with E-state index in [9.17, 15) is 24.7 Å². The Morgan fingerprint density at radius 1 is 0.727 bits per heavy atom. The van der Waals surface area contributed by atoms with Crippen LogP contribution in [0.3, 0.4) is 0 Å². The second kappa shape index (κ2) is 20.7. The summed E-state index contributed by atoms with van der Waals surface area (Å²) in [5.74, 6) is -0.828. The van der Waals surface area contributed by atoms with Gasteiger partial charge < -0.3 is 31.8 Å². The van der Waals surface area contributed by atoms with Crippen LogP contribution in [0.2, 0.25) is 0 Å². The number of nitrogens with one attached hydrogen (secondary N) is 1. The normalized spacial score (nSPS) is 11.3. The first kappa shape index (κ1) is 41.3. The minimum Gasteiger partial charge on any atom is -0.508 e. The van der Waals surface area contributed by atoms with Crippen molar-refractivity contribution in [2.75, 3.05) is 26.3 Å². The Morgan fingerprint density at radius 2 is 1.40 bits per heavy atom. The zero-order valence-corrected chi connectivity index (χ0v) is 32.3. The molecule has 0 saturated heterocycles. The molecule has 12 heteroatoms. The zero-order valence-electron chi connectivity index (χ0n) is 31.5. The number of hydrogen-bond acceptors (Lipinski definition) is 9. The van der Waals surface area contributed by atoms with E-state index in [0.29, 0.717) is 51.6 Å². The summed E-state index contributed by atoms with van der Waals surface area (Å²) in [5.41, 5.74) is 24.2. The number of unbranched alkanes of at least 4 members (excludes halogenated alkanes) is 8. The highest BCUT2D eigenvalue weighted by Gasteiger charge is 2.21. The molecule has 5 aromatic rings. The van der Waals surface area contributed by atoms with Crippen molar-refractivity contribution in [1.29, 1.82) is 0 Å². The monoisotopic (exact) mass is 766 g/mol. The first-order valence-electron chi connectivity index (χ1n) is 19.3. The molecule has 3 aromatic carbocycles. The van der Waals surface area contributed by atoms with Gasteiger partial charge in [-0.2, -0.15) is 0 Å². The Hall–Kier alpha value is -4.85. The van der Waals surface area contributed by atoms with Crippen LogP contribution in [-0.2, 0) is 17.8 Å². The summed E-state index contributed by atoms with van der Waals surface area (Å²) in [6.45, 7) is 2.81. The number of aromatic nitrogens is 1. The van der Waals surface area contributed by atoms with Crippen LogP contribution in [0.5, 0.6) is 5.75 Å². The lowest BCUT2D eigenvalue weighted by molar-refractivity contribution is -0.128. The van der Waals surface area contributed by atoms with Gasteiger partial charge >= 0.3 is 0 Å². The van der Waals surface area contributed by atoms with Gasteiger partial charge in [0.15, 0.2) is 0 Å². The lowest BCUT2D eigenvalue weighted by atomic mass is 10.0. The SMILES string of the molecule is NCCCCCCCCCCN(CN)C(=O)c1ccc(-c2cc3ccc(C(=O)c4cc(CC(=O)NO)c(-c5cccc(O)c5)s4)cc3n2CCCCN)cc1. The maximum Gasteiger partial charge on any atom is 0.254 e. The molecule has 0 bridgehead atoms. The number of aryl methyl sites for hydroxylation is 1. The molecule has 0 atom stereocenters. The summed E-state index contributed by atoms with van der Waals surface area (Å²) >= 11 is 1.24. The Balaban J connectivity index is 1.35. The van der Waals surface area contributed by atoms with Crippen molar-refractivity contribution in [3.05, 3.63) is 100 Å². The number of fused-ring (bicyclic) bond motifs is 1. The van der Waals surface area contributed by atoms with E-state index in [1.807, 2.05) is 36.4 Å². The number of amides is 2. The first-order valence-corrected chi connectivity index (χ1v) is 20.1. The Morgan fingerprint density at radius 3 is 2.07 bits per heavy atom. The largest absolute Gasteiger partial charge is 0.508 e. The van der Waals surface area contributed by atoms with Gasteiger partial charge in [0.2, 0.25) is 11.7 Å². The number of thiophene rings is 1. The molecule has 11 nitrogen and oxygen atoms in total. The number of phenolic OH excluding ortho intramolecular Hbond substituents is 1. The van der Waals surface area contributed by atoms with Crippen LogP contribution in [0, 0.1) is 0 Å². The molecule has 0 aliphatic rings. The van der Waals surface area contributed by atoms with Crippen molar-refractivity contribution in [2.45, 2.75) is 77.2 Å². The van der Waals surface area contributed by atoms with Crippen molar-refractivity contribution in [2.24, 2.45) is 17.2 Å². The minimum absolute atomic E-state index is 0.0635. The Labute approximate surface area is 327 Å². The Kier molecular flexibility index (Phi) is 15.6. The average Bonchev–Trinajstić information content (AvgIpc) is 3.79. The van der Waals surface area contributed by atoms with Gasteiger partial charge in [-0.1, -0.05) is 74.9 Å². The van der Waals surface area contributed by atoms with Gasteiger partial charge in [0.1, 0.15) is 5.75 Å². The number of carbonyl (C=O) groups is 3. The van der Waals surface area contributed by atoms with E-state index < -0.39 is 5.91 Å². The van der Waals surface area contributed by atoms with E-state index in [2.05, 4.69) is 10.6 Å². The molecule has 0 spiro atoms. The fourth-order valence-corrected chi connectivity index (χ4v) is 8.10. The molecule has 0 saturated carbocycles. The summed E-state index contributed by atoms with van der Waals surface area (Å²) in [4.78, 5) is 42.4. The first-order chi connectivity index (χ1) is 26.8. The molecule has 2 aromatic heterocycles. The van der Waals surface area contributed by atoms with Crippen molar-refractivity contribution in [1.82, 2.24) is 14.9 Å². The van der Waals surface area contributed by atoms with Crippen LogP contribution in [0.1, 0.15) is 95.4 Å². The van der Waals surface area contributed by atoms with Gasteiger partial charge in [-0.3, -0.25) is 19.6 Å². The number of aromatic hydroxyl groups is 1. The lowest BCUT2D eigenvalue weighted by Gasteiger charge is -2.21. The number of benzene rings is 3. The van der Waals surface area contributed by atoms with Gasteiger partial charge in [0.05, 0.1) is 18.0 Å². The standard InChI is InChI=1S/C43H54N6O5S/c44-20-7-5-3-1-2-4-6-9-22-48(29-46)43(53)31-16-14-30(15-17-31)37-25-32-18-19-33(26-38(32)49(37)23-10-8-21-45)41(52)39-27-35(28-40(51)47-54)42(55-39)34-12-11-13-36(50)24-34/h11-19,24-27,50,54H,1-10,20-23,28-29,44-46H2,(H,47,51). The van der Waals surface area contributed by atoms with Crippen LogP contribution in [0.4, 0.5) is 0 Å². The molecule has 292 valence electrons. The van der Waals surface area contributed by atoms with E-state index in [4.69, 9.17) is 17.2 Å². The molecule has 0 fully saturated rings. The van der Waals surface area contributed by atoms with E-state index in [-0.39, 0.29) is 30.5 Å². The number of rotatable bonds is 22. The van der Waals surface area contributed by atoms with E-state index in [1.54, 1.807) is 46.8 Å². The second-order valence-corrected chi connectivity index (χ2v) is 15.0. The number of nitrogens with two attached hydrogens (primary N) is 3. The second-order valence-electron chi connectivity index (χ2n) is 14.0.